The monoisotopic (exact) mass is 397 g/mol. The van der Waals surface area contributed by atoms with Crippen LogP contribution in [0.3, 0.4) is 0 Å². The molecule has 6 heteroatoms. The molecule has 0 spiro atoms. The molecule has 5 aromatic rings. The molecule has 148 valence electrons. The summed E-state index contributed by atoms with van der Waals surface area (Å²) in [6.45, 7) is 0. The number of methoxy groups -OCH3 is 2. The Morgan fingerprint density at radius 3 is 2.43 bits per heavy atom. The summed E-state index contributed by atoms with van der Waals surface area (Å²) in [5.74, 6) is 2.53. The lowest BCUT2D eigenvalue weighted by Gasteiger charge is -2.13. The van der Waals surface area contributed by atoms with Crippen molar-refractivity contribution in [2.75, 3.05) is 19.5 Å². The number of nitrogens with one attached hydrogen (secondary N) is 1. The second-order valence-corrected chi connectivity index (χ2v) is 6.73. The lowest BCUT2D eigenvalue weighted by atomic mass is 10.2. The fourth-order valence-electron chi connectivity index (χ4n) is 3.42. The van der Waals surface area contributed by atoms with Crippen LogP contribution in [0.4, 0.5) is 11.5 Å². The summed E-state index contributed by atoms with van der Waals surface area (Å²) in [6.07, 6.45) is 0. The number of fused-ring (bicyclic) bond motifs is 3. The first kappa shape index (κ1) is 18.0. The van der Waals surface area contributed by atoms with Gasteiger partial charge in [0.1, 0.15) is 22.6 Å². The van der Waals surface area contributed by atoms with E-state index in [0.717, 1.165) is 27.7 Å². The summed E-state index contributed by atoms with van der Waals surface area (Å²) < 4.78 is 16.9. The number of anilines is 2. The Kier molecular flexibility index (Phi) is 4.44. The zero-order valence-corrected chi connectivity index (χ0v) is 16.5. The van der Waals surface area contributed by atoms with Crippen molar-refractivity contribution in [1.82, 2.24) is 9.97 Å². The van der Waals surface area contributed by atoms with Gasteiger partial charge in [0.25, 0.3) is 0 Å². The minimum atomic E-state index is 0.568. The minimum Gasteiger partial charge on any atom is -0.497 e. The number of nitrogens with zero attached hydrogens (tertiary/aromatic N) is 2. The quantitative estimate of drug-likeness (QED) is 0.404. The lowest BCUT2D eigenvalue weighted by molar-refractivity contribution is 0.395. The van der Waals surface area contributed by atoms with Gasteiger partial charge in [0, 0.05) is 17.0 Å². The predicted molar refractivity (Wildman–Crippen MR) is 118 cm³/mol. The molecule has 30 heavy (non-hydrogen) atoms. The number of aromatic nitrogens is 2. The average Bonchev–Trinajstić information content (AvgIpc) is 3.19. The summed E-state index contributed by atoms with van der Waals surface area (Å²) in [7, 11) is 3.24. The van der Waals surface area contributed by atoms with Crippen LogP contribution < -0.4 is 14.8 Å². The maximum absolute atomic E-state index is 6.11. The van der Waals surface area contributed by atoms with Crippen molar-refractivity contribution < 1.29 is 13.9 Å². The molecule has 0 saturated carbocycles. The Morgan fingerprint density at radius 2 is 1.63 bits per heavy atom. The van der Waals surface area contributed by atoms with Crippen LogP contribution in [-0.2, 0) is 0 Å². The fraction of sp³-hybridized carbons (Fsp3) is 0.0833. The van der Waals surface area contributed by atoms with Gasteiger partial charge < -0.3 is 19.2 Å². The zero-order chi connectivity index (χ0) is 20.5. The Balaban J connectivity index is 1.72. The Bertz CT molecular complexity index is 1350. The maximum Gasteiger partial charge on any atom is 0.196 e. The molecule has 2 heterocycles. The van der Waals surface area contributed by atoms with Gasteiger partial charge in [0.2, 0.25) is 0 Å². The molecule has 0 unspecified atom stereocenters. The molecule has 6 nitrogen and oxygen atoms in total. The van der Waals surface area contributed by atoms with Crippen LogP contribution in [-0.4, -0.2) is 24.2 Å². The highest BCUT2D eigenvalue weighted by Crippen LogP contribution is 2.37. The van der Waals surface area contributed by atoms with Crippen LogP contribution in [0.25, 0.3) is 33.5 Å². The van der Waals surface area contributed by atoms with Crippen molar-refractivity contribution >= 4 is 33.6 Å². The third-order valence-corrected chi connectivity index (χ3v) is 4.91. The van der Waals surface area contributed by atoms with Crippen molar-refractivity contribution in [3.05, 3.63) is 72.8 Å². The van der Waals surface area contributed by atoms with Gasteiger partial charge in [0.15, 0.2) is 17.2 Å². The molecule has 0 aliphatic heterocycles. The van der Waals surface area contributed by atoms with Gasteiger partial charge in [-0.2, -0.15) is 0 Å². The molecule has 0 saturated heterocycles. The number of benzene rings is 3. The van der Waals surface area contributed by atoms with Crippen LogP contribution in [0.2, 0.25) is 0 Å². The molecule has 1 N–H and O–H groups in total. The van der Waals surface area contributed by atoms with Gasteiger partial charge in [0.05, 0.1) is 19.9 Å². The van der Waals surface area contributed by atoms with E-state index < -0.39 is 0 Å². The average molecular weight is 397 g/mol. The van der Waals surface area contributed by atoms with E-state index in [1.165, 1.54) is 0 Å². The predicted octanol–water partition coefficient (Wildman–Crippen LogP) is 5.80. The van der Waals surface area contributed by atoms with Crippen molar-refractivity contribution in [3.63, 3.8) is 0 Å². The highest BCUT2D eigenvalue weighted by molar-refractivity contribution is 6.06. The Hall–Kier alpha value is -4.06. The van der Waals surface area contributed by atoms with Crippen LogP contribution >= 0.6 is 0 Å². The highest BCUT2D eigenvalue weighted by atomic mass is 16.5. The van der Waals surface area contributed by atoms with Crippen LogP contribution in [0.1, 0.15) is 0 Å². The molecular weight excluding hydrogens is 378 g/mol. The highest BCUT2D eigenvalue weighted by Gasteiger charge is 2.18. The first-order chi connectivity index (χ1) is 14.8. The topological polar surface area (TPSA) is 69.4 Å². The van der Waals surface area contributed by atoms with E-state index in [0.29, 0.717) is 28.7 Å². The van der Waals surface area contributed by atoms with E-state index >= 15 is 0 Å². The smallest absolute Gasteiger partial charge is 0.196 e. The van der Waals surface area contributed by atoms with E-state index in [-0.39, 0.29) is 0 Å². The largest absolute Gasteiger partial charge is 0.497 e. The fourth-order valence-corrected chi connectivity index (χ4v) is 3.42. The number of para-hydroxylation sites is 1. The normalized spacial score (nSPS) is 11.0. The molecule has 0 radical (unpaired) electrons. The standard InChI is InChI=1S/C24H19N3O3/c1-28-16-12-13-18(20(14-16)29-2)25-24-22-21(17-10-6-7-11-19(17)30-22)26-23(27-24)15-8-4-3-5-9-15/h3-14H,1-2H3,(H,25,26,27). The molecule has 5 rings (SSSR count). The van der Waals surface area contributed by atoms with E-state index in [1.807, 2.05) is 72.8 Å². The van der Waals surface area contributed by atoms with Crippen LogP contribution in [0.5, 0.6) is 11.5 Å². The molecule has 0 atom stereocenters. The summed E-state index contributed by atoms with van der Waals surface area (Å²) >= 11 is 0. The zero-order valence-electron chi connectivity index (χ0n) is 16.5. The van der Waals surface area contributed by atoms with Crippen molar-refractivity contribution in [2.45, 2.75) is 0 Å². The van der Waals surface area contributed by atoms with E-state index in [1.54, 1.807) is 14.2 Å². The number of ether oxygens (including phenoxy) is 2. The summed E-state index contributed by atoms with van der Waals surface area (Å²) in [5.41, 5.74) is 3.78. The van der Waals surface area contributed by atoms with Gasteiger partial charge in [-0.15, -0.1) is 0 Å². The van der Waals surface area contributed by atoms with E-state index in [4.69, 9.17) is 23.9 Å². The van der Waals surface area contributed by atoms with Gasteiger partial charge in [-0.25, -0.2) is 9.97 Å². The summed E-state index contributed by atoms with van der Waals surface area (Å²) in [6, 6.07) is 23.3. The number of furan rings is 1. The third kappa shape index (κ3) is 3.08. The molecule has 0 aliphatic rings. The second-order valence-electron chi connectivity index (χ2n) is 6.73. The summed E-state index contributed by atoms with van der Waals surface area (Å²) in [4.78, 5) is 9.59. The Morgan fingerprint density at radius 1 is 0.833 bits per heavy atom. The maximum atomic E-state index is 6.11. The van der Waals surface area contributed by atoms with Gasteiger partial charge >= 0.3 is 0 Å². The van der Waals surface area contributed by atoms with E-state index in [9.17, 15) is 0 Å². The third-order valence-electron chi connectivity index (χ3n) is 4.91. The van der Waals surface area contributed by atoms with Crippen molar-refractivity contribution in [2.24, 2.45) is 0 Å². The first-order valence-corrected chi connectivity index (χ1v) is 9.50. The number of hydrogen-bond acceptors (Lipinski definition) is 6. The molecule has 0 aliphatic carbocycles. The first-order valence-electron chi connectivity index (χ1n) is 9.50. The van der Waals surface area contributed by atoms with Gasteiger partial charge in [-0.05, 0) is 24.3 Å². The SMILES string of the molecule is COc1ccc(Nc2nc(-c3ccccc3)nc3c2oc2ccccc23)c(OC)c1. The molecule has 0 bridgehead atoms. The van der Waals surface area contributed by atoms with Crippen LogP contribution in [0.15, 0.2) is 77.2 Å². The van der Waals surface area contributed by atoms with Gasteiger partial charge in [-0.3, -0.25) is 0 Å². The minimum absolute atomic E-state index is 0.568. The number of hydrogen-bond donors (Lipinski definition) is 1. The summed E-state index contributed by atoms with van der Waals surface area (Å²) in [5, 5.41) is 4.30. The van der Waals surface area contributed by atoms with Crippen molar-refractivity contribution in [1.29, 1.82) is 0 Å². The second kappa shape index (κ2) is 7.40. The molecular formula is C24H19N3O3. The number of rotatable bonds is 5. The van der Waals surface area contributed by atoms with Gasteiger partial charge in [-0.1, -0.05) is 42.5 Å². The lowest BCUT2D eigenvalue weighted by Crippen LogP contribution is -2.00. The molecule has 0 amide bonds. The molecule has 2 aromatic heterocycles. The molecule has 0 fully saturated rings. The van der Waals surface area contributed by atoms with Crippen LogP contribution in [0, 0.1) is 0 Å². The van der Waals surface area contributed by atoms with E-state index in [2.05, 4.69) is 5.32 Å². The Labute approximate surface area is 173 Å². The molecule has 3 aromatic carbocycles. The van der Waals surface area contributed by atoms with Crippen molar-refractivity contribution in [3.8, 4) is 22.9 Å².